The Morgan fingerprint density at radius 3 is 2.68 bits per heavy atom. The van der Waals surface area contributed by atoms with Crippen molar-refractivity contribution in [3.8, 4) is 0 Å². The summed E-state index contributed by atoms with van der Waals surface area (Å²) in [7, 11) is 0. The fourth-order valence-corrected chi connectivity index (χ4v) is 2.39. The Morgan fingerprint density at radius 1 is 0.947 bits per heavy atom. The molecule has 0 aliphatic heterocycles. The lowest BCUT2D eigenvalue weighted by Gasteiger charge is -2.09. The highest BCUT2D eigenvalue weighted by Gasteiger charge is 1.99. The molecule has 0 aliphatic carbocycles. The molecule has 0 saturated carbocycles. The van der Waals surface area contributed by atoms with Gasteiger partial charge in [-0.15, -0.1) is 0 Å². The first-order chi connectivity index (χ1) is 9.42. The van der Waals surface area contributed by atoms with E-state index in [4.69, 9.17) is 0 Å². The van der Waals surface area contributed by atoms with Crippen molar-refractivity contribution in [3.05, 3.63) is 36.5 Å². The van der Waals surface area contributed by atoms with Crippen LogP contribution >= 0.6 is 0 Å². The van der Waals surface area contributed by atoms with E-state index in [-0.39, 0.29) is 0 Å². The maximum Gasteiger partial charge on any atom is 0.0722 e. The molecule has 0 amide bonds. The summed E-state index contributed by atoms with van der Waals surface area (Å²) >= 11 is 0. The molecular formula is C17H24N2. The van der Waals surface area contributed by atoms with Gasteiger partial charge in [-0.25, -0.2) is 0 Å². The summed E-state index contributed by atoms with van der Waals surface area (Å²) in [5.74, 6) is 0. The Morgan fingerprint density at radius 2 is 1.79 bits per heavy atom. The van der Waals surface area contributed by atoms with E-state index >= 15 is 0 Å². The zero-order valence-electron chi connectivity index (χ0n) is 11.9. The van der Waals surface area contributed by atoms with Gasteiger partial charge in [0, 0.05) is 23.8 Å². The fraction of sp³-hybridized carbons (Fsp3) is 0.471. The molecule has 0 atom stereocenters. The Hall–Kier alpha value is -1.57. The quantitative estimate of drug-likeness (QED) is 0.672. The van der Waals surface area contributed by atoms with Crippen molar-refractivity contribution in [2.24, 2.45) is 0 Å². The van der Waals surface area contributed by atoms with Crippen LogP contribution in [-0.4, -0.2) is 11.5 Å². The van der Waals surface area contributed by atoms with E-state index in [0.29, 0.717) is 0 Å². The number of anilines is 1. The number of hydrogen-bond acceptors (Lipinski definition) is 2. The highest BCUT2D eigenvalue weighted by Crippen LogP contribution is 2.21. The molecule has 1 heterocycles. The Bertz CT molecular complexity index is 488. The number of rotatable bonds is 8. The van der Waals surface area contributed by atoms with Gasteiger partial charge >= 0.3 is 0 Å². The van der Waals surface area contributed by atoms with Crippen LogP contribution in [0.4, 0.5) is 5.69 Å². The molecule has 0 bridgehead atoms. The lowest BCUT2D eigenvalue weighted by atomic mass is 10.1. The van der Waals surface area contributed by atoms with Gasteiger partial charge in [0.2, 0.25) is 0 Å². The molecular weight excluding hydrogens is 232 g/mol. The number of hydrogen-bond donors (Lipinski definition) is 1. The third kappa shape index (κ3) is 4.23. The average Bonchev–Trinajstić information content (AvgIpc) is 2.46. The third-order valence-electron chi connectivity index (χ3n) is 3.49. The summed E-state index contributed by atoms with van der Waals surface area (Å²) in [5, 5.41) is 4.76. The van der Waals surface area contributed by atoms with Crippen molar-refractivity contribution in [1.82, 2.24) is 4.98 Å². The van der Waals surface area contributed by atoms with Gasteiger partial charge in [-0.1, -0.05) is 45.1 Å². The van der Waals surface area contributed by atoms with E-state index in [1.54, 1.807) is 0 Å². The number of benzene rings is 1. The summed E-state index contributed by atoms with van der Waals surface area (Å²) in [6, 6.07) is 10.4. The highest BCUT2D eigenvalue weighted by atomic mass is 14.9. The van der Waals surface area contributed by atoms with Gasteiger partial charge in [0.25, 0.3) is 0 Å². The summed E-state index contributed by atoms with van der Waals surface area (Å²) < 4.78 is 0. The van der Waals surface area contributed by atoms with Gasteiger partial charge < -0.3 is 5.32 Å². The highest BCUT2D eigenvalue weighted by molar-refractivity contribution is 5.91. The first-order valence-electron chi connectivity index (χ1n) is 7.49. The van der Waals surface area contributed by atoms with Crippen LogP contribution in [0, 0.1) is 0 Å². The van der Waals surface area contributed by atoms with Crippen LogP contribution in [0.5, 0.6) is 0 Å². The third-order valence-corrected chi connectivity index (χ3v) is 3.49. The molecule has 0 unspecified atom stereocenters. The number of unbranched alkanes of at least 4 members (excludes halogenated alkanes) is 5. The first-order valence-corrected chi connectivity index (χ1v) is 7.49. The predicted octanol–water partition coefficient (Wildman–Crippen LogP) is 5.01. The zero-order valence-corrected chi connectivity index (χ0v) is 11.9. The number of nitrogens with zero attached hydrogens (tertiary/aromatic N) is 1. The van der Waals surface area contributed by atoms with Crippen LogP contribution < -0.4 is 5.32 Å². The Balaban J connectivity index is 1.78. The second kappa shape index (κ2) is 7.78. The average molecular weight is 256 g/mol. The molecule has 0 spiro atoms. The number of nitrogens with one attached hydrogen (secondary N) is 1. The minimum Gasteiger partial charge on any atom is -0.384 e. The molecule has 2 rings (SSSR count). The number of aromatic nitrogens is 1. The van der Waals surface area contributed by atoms with Crippen LogP contribution in [0.2, 0.25) is 0 Å². The summed E-state index contributed by atoms with van der Waals surface area (Å²) in [4.78, 5) is 4.38. The van der Waals surface area contributed by atoms with Crippen LogP contribution in [0.3, 0.4) is 0 Å². The Labute approximate surface area is 116 Å². The largest absolute Gasteiger partial charge is 0.384 e. The van der Waals surface area contributed by atoms with E-state index in [1.807, 2.05) is 12.3 Å². The summed E-state index contributed by atoms with van der Waals surface area (Å²) in [6.07, 6.45) is 9.88. The topological polar surface area (TPSA) is 24.9 Å². The van der Waals surface area contributed by atoms with Crippen molar-refractivity contribution >= 4 is 16.6 Å². The smallest absolute Gasteiger partial charge is 0.0722 e. The molecule has 1 N–H and O–H groups in total. The summed E-state index contributed by atoms with van der Waals surface area (Å²) in [5.41, 5.74) is 2.27. The maximum atomic E-state index is 4.38. The van der Waals surface area contributed by atoms with Crippen molar-refractivity contribution in [2.45, 2.75) is 45.4 Å². The molecule has 102 valence electrons. The molecule has 0 saturated heterocycles. The number of pyridine rings is 1. The van der Waals surface area contributed by atoms with Gasteiger partial charge in [0.1, 0.15) is 0 Å². The molecule has 19 heavy (non-hydrogen) atoms. The Kier molecular flexibility index (Phi) is 5.67. The van der Waals surface area contributed by atoms with Gasteiger partial charge in [0.05, 0.1) is 5.52 Å². The van der Waals surface area contributed by atoms with Crippen molar-refractivity contribution in [2.75, 3.05) is 11.9 Å². The summed E-state index contributed by atoms with van der Waals surface area (Å²) in [6.45, 7) is 3.32. The minimum atomic E-state index is 1.06. The van der Waals surface area contributed by atoms with Crippen LogP contribution in [-0.2, 0) is 0 Å². The molecule has 0 aliphatic rings. The van der Waals surface area contributed by atoms with E-state index in [1.165, 1.54) is 49.6 Å². The van der Waals surface area contributed by atoms with Crippen LogP contribution in [0.15, 0.2) is 36.5 Å². The SMILES string of the molecule is CCCCCCCCNc1cccc2ncccc12. The normalized spacial score (nSPS) is 10.8. The van der Waals surface area contributed by atoms with Crippen molar-refractivity contribution in [3.63, 3.8) is 0 Å². The second-order valence-corrected chi connectivity index (χ2v) is 5.07. The van der Waals surface area contributed by atoms with E-state index < -0.39 is 0 Å². The molecule has 2 nitrogen and oxygen atoms in total. The van der Waals surface area contributed by atoms with E-state index in [0.717, 1.165) is 12.1 Å². The predicted molar refractivity (Wildman–Crippen MR) is 83.6 cm³/mol. The van der Waals surface area contributed by atoms with Gasteiger partial charge in [-0.2, -0.15) is 0 Å². The minimum absolute atomic E-state index is 1.06. The number of fused-ring (bicyclic) bond motifs is 1. The molecule has 2 aromatic rings. The first kappa shape index (κ1) is 13.9. The molecule has 1 aromatic carbocycles. The van der Waals surface area contributed by atoms with E-state index in [2.05, 4.69) is 41.5 Å². The van der Waals surface area contributed by atoms with Gasteiger partial charge in [-0.3, -0.25) is 4.98 Å². The van der Waals surface area contributed by atoms with E-state index in [9.17, 15) is 0 Å². The molecule has 1 aromatic heterocycles. The van der Waals surface area contributed by atoms with Crippen molar-refractivity contribution < 1.29 is 0 Å². The van der Waals surface area contributed by atoms with Gasteiger partial charge in [-0.05, 0) is 30.7 Å². The standard InChI is InChI=1S/C17H24N2/c1-2-3-4-5-6-7-13-18-16-11-8-12-17-15(16)10-9-14-19-17/h8-12,14,18H,2-7,13H2,1H3. The van der Waals surface area contributed by atoms with Gasteiger partial charge in [0.15, 0.2) is 0 Å². The maximum absolute atomic E-state index is 4.38. The zero-order chi connectivity index (χ0) is 13.3. The monoisotopic (exact) mass is 256 g/mol. The molecule has 0 fully saturated rings. The lowest BCUT2D eigenvalue weighted by Crippen LogP contribution is -2.02. The molecule has 2 heteroatoms. The van der Waals surface area contributed by atoms with Crippen LogP contribution in [0.25, 0.3) is 10.9 Å². The van der Waals surface area contributed by atoms with Crippen LogP contribution in [0.1, 0.15) is 45.4 Å². The lowest BCUT2D eigenvalue weighted by molar-refractivity contribution is 0.617. The molecule has 0 radical (unpaired) electrons. The van der Waals surface area contributed by atoms with Crippen molar-refractivity contribution in [1.29, 1.82) is 0 Å². The fourth-order valence-electron chi connectivity index (χ4n) is 2.39. The second-order valence-electron chi connectivity index (χ2n) is 5.07.